The summed E-state index contributed by atoms with van der Waals surface area (Å²) in [5.74, 6) is 5.41. The van der Waals surface area contributed by atoms with Crippen LogP contribution in [0.25, 0.3) is 0 Å². The lowest BCUT2D eigenvalue weighted by Crippen LogP contribution is -2.34. The van der Waals surface area contributed by atoms with Crippen molar-refractivity contribution in [2.24, 2.45) is 0 Å². The first-order chi connectivity index (χ1) is 22.0. The summed E-state index contributed by atoms with van der Waals surface area (Å²) < 4.78 is 36.9. The average molecular weight is 609 g/mol. The van der Waals surface area contributed by atoms with Crippen LogP contribution in [0.3, 0.4) is 0 Å². The maximum Gasteiger partial charge on any atom is 0.204 e. The fraction of sp³-hybridized carbons (Fsp3) is 0.351. The molecule has 4 aromatic carbocycles. The second kappa shape index (κ2) is 12.2. The fourth-order valence-electron chi connectivity index (χ4n) is 7.02. The van der Waals surface area contributed by atoms with Gasteiger partial charge in [0.05, 0.1) is 28.4 Å². The van der Waals surface area contributed by atoms with Gasteiger partial charge in [0.2, 0.25) is 5.75 Å². The number of ether oxygens (including phenoxy) is 6. The molecule has 0 saturated heterocycles. The highest BCUT2D eigenvalue weighted by molar-refractivity contribution is 5.63. The van der Waals surface area contributed by atoms with Gasteiger partial charge in [0.15, 0.2) is 34.5 Å². The number of nitrogens with one attached hydrogen (secondary N) is 1. The molecule has 234 valence electrons. The van der Waals surface area contributed by atoms with Gasteiger partial charge >= 0.3 is 0 Å². The monoisotopic (exact) mass is 608 g/mol. The smallest absolute Gasteiger partial charge is 0.204 e. The van der Waals surface area contributed by atoms with E-state index >= 15 is 0 Å². The highest BCUT2D eigenvalue weighted by Gasteiger charge is 2.34. The maximum atomic E-state index is 6.98. The summed E-state index contributed by atoms with van der Waals surface area (Å²) in [6.07, 6.45) is 3.32. The fourth-order valence-corrected chi connectivity index (χ4v) is 7.02. The van der Waals surface area contributed by atoms with Gasteiger partial charge in [0.25, 0.3) is 0 Å². The Hall–Kier alpha value is -4.40. The van der Waals surface area contributed by atoms with Crippen LogP contribution in [0.5, 0.6) is 46.0 Å². The van der Waals surface area contributed by atoms with Crippen molar-refractivity contribution >= 4 is 0 Å². The van der Waals surface area contributed by atoms with E-state index in [0.29, 0.717) is 40.2 Å². The Balaban J connectivity index is 1.44. The summed E-state index contributed by atoms with van der Waals surface area (Å²) in [7, 11) is 8.89. The molecule has 2 unspecified atom stereocenters. The summed E-state index contributed by atoms with van der Waals surface area (Å²) >= 11 is 0. The van der Waals surface area contributed by atoms with Crippen LogP contribution in [0, 0.1) is 0 Å². The van der Waals surface area contributed by atoms with Gasteiger partial charge < -0.3 is 33.7 Å². The molecule has 4 heterocycles. The maximum absolute atomic E-state index is 6.98. The largest absolute Gasteiger partial charge is 0.493 e. The molecule has 0 aromatic heterocycles. The molecule has 8 nitrogen and oxygen atoms in total. The second-order valence-electron chi connectivity index (χ2n) is 12.0. The molecule has 0 saturated carbocycles. The van der Waals surface area contributed by atoms with Gasteiger partial charge in [-0.3, -0.25) is 4.90 Å². The zero-order chi connectivity index (χ0) is 31.1. The molecule has 4 aliphatic rings. The minimum atomic E-state index is 0.0454. The Morgan fingerprint density at radius 2 is 1.44 bits per heavy atom. The molecule has 8 heteroatoms. The van der Waals surface area contributed by atoms with Crippen LogP contribution < -0.4 is 33.7 Å². The predicted molar refractivity (Wildman–Crippen MR) is 173 cm³/mol. The van der Waals surface area contributed by atoms with Gasteiger partial charge in [-0.1, -0.05) is 18.2 Å². The van der Waals surface area contributed by atoms with Crippen molar-refractivity contribution in [2.45, 2.75) is 37.8 Å². The molecule has 8 rings (SSSR count). The van der Waals surface area contributed by atoms with E-state index < -0.39 is 0 Å². The summed E-state index contributed by atoms with van der Waals surface area (Å²) in [6.45, 7) is 1.79. The Bertz CT molecular complexity index is 1720. The van der Waals surface area contributed by atoms with Gasteiger partial charge in [-0.25, -0.2) is 0 Å². The number of rotatable bonds is 4. The van der Waals surface area contributed by atoms with Crippen molar-refractivity contribution in [2.75, 3.05) is 48.6 Å². The summed E-state index contributed by atoms with van der Waals surface area (Å²) in [6, 6.07) is 21.0. The molecular formula is C37H40N2O6. The summed E-state index contributed by atoms with van der Waals surface area (Å²) in [5, 5.41) is 3.74. The van der Waals surface area contributed by atoms with Gasteiger partial charge in [-0.2, -0.15) is 0 Å². The number of likely N-dealkylation sites (N-methyl/N-ethyl adjacent to an activating group) is 1. The number of hydrogen-bond acceptors (Lipinski definition) is 8. The van der Waals surface area contributed by atoms with Crippen molar-refractivity contribution < 1.29 is 28.4 Å². The van der Waals surface area contributed by atoms with E-state index in [1.54, 1.807) is 28.4 Å². The number of benzene rings is 4. The van der Waals surface area contributed by atoms with Crippen LogP contribution in [-0.2, 0) is 25.7 Å². The van der Waals surface area contributed by atoms with Crippen LogP contribution in [-0.4, -0.2) is 53.5 Å². The molecule has 1 N–H and O–H groups in total. The molecule has 4 aliphatic heterocycles. The van der Waals surface area contributed by atoms with E-state index in [-0.39, 0.29) is 12.1 Å². The van der Waals surface area contributed by atoms with Crippen LogP contribution in [0.4, 0.5) is 0 Å². The molecule has 6 bridgehead atoms. The third-order valence-electron chi connectivity index (χ3n) is 9.40. The normalized spacial score (nSPS) is 18.9. The minimum Gasteiger partial charge on any atom is -0.493 e. The molecule has 0 spiro atoms. The van der Waals surface area contributed by atoms with Crippen LogP contribution in [0.15, 0.2) is 60.7 Å². The van der Waals surface area contributed by atoms with E-state index in [1.807, 2.05) is 18.2 Å². The van der Waals surface area contributed by atoms with Gasteiger partial charge in [-0.15, -0.1) is 0 Å². The number of methoxy groups -OCH3 is 4. The zero-order valence-electron chi connectivity index (χ0n) is 26.6. The van der Waals surface area contributed by atoms with Crippen molar-refractivity contribution in [3.63, 3.8) is 0 Å². The third-order valence-corrected chi connectivity index (χ3v) is 9.40. The van der Waals surface area contributed by atoms with Gasteiger partial charge in [0, 0.05) is 24.2 Å². The topological polar surface area (TPSA) is 70.7 Å². The van der Waals surface area contributed by atoms with Crippen molar-refractivity contribution in [1.82, 2.24) is 10.2 Å². The highest BCUT2D eigenvalue weighted by Crippen LogP contribution is 2.51. The van der Waals surface area contributed by atoms with Gasteiger partial charge in [0.1, 0.15) is 5.75 Å². The average Bonchev–Trinajstić information content (AvgIpc) is 3.06. The number of nitrogens with zero attached hydrogens (tertiary/aromatic N) is 1. The Morgan fingerprint density at radius 1 is 0.711 bits per heavy atom. The van der Waals surface area contributed by atoms with Crippen LogP contribution in [0.2, 0.25) is 0 Å². The minimum absolute atomic E-state index is 0.0454. The number of hydrogen-bond donors (Lipinski definition) is 1. The van der Waals surface area contributed by atoms with Crippen molar-refractivity contribution in [3.05, 3.63) is 94.0 Å². The van der Waals surface area contributed by atoms with Crippen molar-refractivity contribution in [1.29, 1.82) is 0 Å². The van der Waals surface area contributed by atoms with Gasteiger partial charge in [-0.05, 0) is 110 Å². The summed E-state index contributed by atoms with van der Waals surface area (Å²) in [5.41, 5.74) is 7.07. The quantitative estimate of drug-likeness (QED) is 0.271. The Labute approximate surface area is 264 Å². The molecule has 0 amide bonds. The SMILES string of the molecule is COc1ccc2cc1Oc1ccc(cc1)CC1c3c(cc(OC)c(OC)c3Oc3cc4c(cc3OC)CCNC4C2)CCN1C. The highest BCUT2D eigenvalue weighted by atomic mass is 16.5. The molecule has 0 aliphatic carbocycles. The first-order valence-corrected chi connectivity index (χ1v) is 15.5. The molecule has 4 aromatic rings. The first kappa shape index (κ1) is 29.3. The standard InChI is InChI=1S/C37H40N2O6/c1-39-15-13-25-20-34(42-4)36(43-5)37-35(25)29(39)17-22-6-9-26(10-7-22)44-32-18-23(8-11-30(32)40-2)16-28-27-21-33(45-37)31(41-3)19-24(27)12-14-38-28/h6-11,18-21,28-29,38H,12-17H2,1-5H3. The Kier molecular flexibility index (Phi) is 7.94. The third kappa shape index (κ3) is 5.42. The van der Waals surface area contributed by atoms with Crippen molar-refractivity contribution in [3.8, 4) is 46.0 Å². The molecule has 0 radical (unpaired) electrons. The second-order valence-corrected chi connectivity index (χ2v) is 12.0. The zero-order valence-corrected chi connectivity index (χ0v) is 26.6. The van der Waals surface area contributed by atoms with E-state index in [4.69, 9.17) is 28.4 Å². The summed E-state index contributed by atoms with van der Waals surface area (Å²) in [4.78, 5) is 2.39. The van der Waals surface area contributed by atoms with Crippen LogP contribution in [0.1, 0.15) is 45.5 Å². The lowest BCUT2D eigenvalue weighted by atomic mass is 9.87. The van der Waals surface area contributed by atoms with E-state index in [2.05, 4.69) is 59.7 Å². The first-order valence-electron chi connectivity index (χ1n) is 15.5. The van der Waals surface area contributed by atoms with E-state index in [9.17, 15) is 0 Å². The molecule has 0 fully saturated rings. The molecule has 2 atom stereocenters. The lowest BCUT2D eigenvalue weighted by Gasteiger charge is -2.37. The lowest BCUT2D eigenvalue weighted by molar-refractivity contribution is 0.221. The molecular weight excluding hydrogens is 568 g/mol. The predicted octanol–water partition coefficient (Wildman–Crippen LogP) is 6.82. The van der Waals surface area contributed by atoms with E-state index in [1.165, 1.54) is 22.3 Å². The van der Waals surface area contributed by atoms with Crippen LogP contribution >= 0.6 is 0 Å². The Morgan fingerprint density at radius 3 is 2.20 bits per heavy atom. The number of fused-ring (bicyclic) bond motifs is 2. The molecule has 45 heavy (non-hydrogen) atoms. The van der Waals surface area contributed by atoms with E-state index in [0.717, 1.165) is 55.6 Å².